The van der Waals surface area contributed by atoms with Gasteiger partial charge < -0.3 is 21.5 Å². The van der Waals surface area contributed by atoms with Gasteiger partial charge in [0.05, 0.1) is 5.56 Å². The number of pyridine rings is 1. The Morgan fingerprint density at radius 3 is 2.31 bits per heavy atom. The molecule has 0 spiro atoms. The average Bonchev–Trinajstić information content (AvgIpc) is 2.84. The number of carbonyl (C=O) groups is 1. The second-order valence-corrected chi connectivity index (χ2v) is 8.79. The van der Waals surface area contributed by atoms with Crippen molar-refractivity contribution in [3.63, 3.8) is 0 Å². The van der Waals surface area contributed by atoms with E-state index in [1.165, 1.54) is 6.07 Å². The molecule has 2 aromatic carbocycles. The summed E-state index contributed by atoms with van der Waals surface area (Å²) in [6, 6.07) is 15.9. The zero-order valence-electron chi connectivity index (χ0n) is 19.0. The first-order chi connectivity index (χ1) is 16.6. The number of hydrogen-bond donors (Lipinski definition) is 3. The Hall–Kier alpha value is -3.59. The Bertz CT molecular complexity index is 1190. The van der Waals surface area contributed by atoms with Crippen LogP contribution in [-0.4, -0.2) is 35.2 Å². The van der Waals surface area contributed by atoms with E-state index in [9.17, 15) is 18.0 Å². The maximum atomic E-state index is 13.4. The molecule has 2 heterocycles. The lowest BCUT2D eigenvalue weighted by Gasteiger charge is -2.34. The number of nitrogen functional groups attached to an aromatic ring is 1. The van der Waals surface area contributed by atoms with Gasteiger partial charge in [-0.1, -0.05) is 42.5 Å². The summed E-state index contributed by atoms with van der Waals surface area (Å²) in [4.78, 5) is 17.5. The first kappa shape index (κ1) is 24.5. The van der Waals surface area contributed by atoms with E-state index >= 15 is 0 Å². The van der Waals surface area contributed by atoms with Gasteiger partial charge in [0, 0.05) is 18.7 Å². The van der Waals surface area contributed by atoms with Gasteiger partial charge in [0.25, 0.3) is 0 Å². The van der Waals surface area contributed by atoms with E-state index in [0.717, 1.165) is 22.8 Å². The van der Waals surface area contributed by atoms with Crippen molar-refractivity contribution in [2.24, 2.45) is 5.73 Å². The SMILES string of the molecule is Nc1nc(N2CCC(c3ccccc3C(F)(F)F)CC2)ccc1-c1ccc(C[C@H](N)C(=O)O)cc1. The standard InChI is InChI=1S/C26H27F3N4O2/c27-26(28,29)21-4-2-1-3-19(21)18-11-13-33(14-12-18)23-10-9-20(24(31)32-23)17-7-5-16(6-8-17)15-22(30)25(34)35/h1-10,18,22H,11-15,30H2,(H2,31,32)(H,34,35)/t22-/m0/s1. The van der Waals surface area contributed by atoms with Crippen molar-refractivity contribution in [3.8, 4) is 11.1 Å². The topological polar surface area (TPSA) is 105 Å². The molecule has 1 aliphatic rings. The first-order valence-corrected chi connectivity index (χ1v) is 11.4. The highest BCUT2D eigenvalue weighted by molar-refractivity contribution is 5.76. The Balaban J connectivity index is 1.44. The number of piperidine rings is 1. The third-order valence-corrected chi connectivity index (χ3v) is 6.47. The number of benzene rings is 2. The Morgan fingerprint density at radius 1 is 1.06 bits per heavy atom. The first-order valence-electron chi connectivity index (χ1n) is 11.4. The van der Waals surface area contributed by atoms with E-state index in [0.29, 0.717) is 43.1 Å². The van der Waals surface area contributed by atoms with Gasteiger partial charge in [-0.15, -0.1) is 0 Å². The van der Waals surface area contributed by atoms with Crippen molar-refractivity contribution >= 4 is 17.6 Å². The van der Waals surface area contributed by atoms with Gasteiger partial charge >= 0.3 is 12.1 Å². The maximum Gasteiger partial charge on any atom is 0.416 e. The number of anilines is 2. The van der Waals surface area contributed by atoms with Crippen LogP contribution in [0, 0.1) is 0 Å². The largest absolute Gasteiger partial charge is 0.480 e. The molecule has 0 radical (unpaired) electrons. The van der Waals surface area contributed by atoms with Crippen LogP contribution in [0.5, 0.6) is 0 Å². The molecule has 184 valence electrons. The minimum absolute atomic E-state index is 0.159. The fourth-order valence-electron chi connectivity index (χ4n) is 4.58. The highest BCUT2D eigenvalue weighted by atomic mass is 19.4. The predicted molar refractivity (Wildman–Crippen MR) is 129 cm³/mol. The zero-order chi connectivity index (χ0) is 25.2. The molecule has 1 saturated heterocycles. The summed E-state index contributed by atoms with van der Waals surface area (Å²) < 4.78 is 40.2. The number of aliphatic carboxylic acids is 1. The lowest BCUT2D eigenvalue weighted by molar-refractivity contribution is -0.139. The minimum Gasteiger partial charge on any atom is -0.480 e. The summed E-state index contributed by atoms with van der Waals surface area (Å²) >= 11 is 0. The lowest BCUT2D eigenvalue weighted by Crippen LogP contribution is -2.34. The zero-order valence-corrected chi connectivity index (χ0v) is 19.0. The third-order valence-electron chi connectivity index (χ3n) is 6.47. The second-order valence-electron chi connectivity index (χ2n) is 8.79. The number of carboxylic acids is 1. The van der Waals surface area contributed by atoms with Gasteiger partial charge in [0.15, 0.2) is 0 Å². The van der Waals surface area contributed by atoms with Gasteiger partial charge in [-0.3, -0.25) is 4.79 Å². The van der Waals surface area contributed by atoms with Crippen molar-refractivity contribution in [1.82, 2.24) is 4.98 Å². The number of halogens is 3. The summed E-state index contributed by atoms with van der Waals surface area (Å²) in [7, 11) is 0. The number of nitrogens with two attached hydrogens (primary N) is 2. The molecule has 1 fully saturated rings. The number of alkyl halides is 3. The molecule has 0 aliphatic carbocycles. The van der Waals surface area contributed by atoms with Crippen molar-refractivity contribution in [3.05, 3.63) is 77.4 Å². The molecular formula is C26H27F3N4O2. The quantitative estimate of drug-likeness (QED) is 0.469. The Labute approximate surface area is 201 Å². The molecule has 6 nitrogen and oxygen atoms in total. The third kappa shape index (κ3) is 5.57. The van der Waals surface area contributed by atoms with E-state index in [1.54, 1.807) is 12.1 Å². The van der Waals surface area contributed by atoms with Crippen molar-refractivity contribution in [2.45, 2.75) is 37.4 Å². The van der Waals surface area contributed by atoms with Crippen LogP contribution in [-0.2, 0) is 17.4 Å². The molecule has 0 saturated carbocycles. The van der Waals surface area contributed by atoms with Gasteiger partial charge in [0.1, 0.15) is 17.7 Å². The molecule has 5 N–H and O–H groups in total. The predicted octanol–water partition coefficient (Wildman–Crippen LogP) is 4.69. The summed E-state index contributed by atoms with van der Waals surface area (Å²) in [5.41, 5.74) is 14.0. The van der Waals surface area contributed by atoms with Gasteiger partial charge in [-0.05, 0) is 60.1 Å². The molecule has 4 rings (SSSR count). The molecule has 0 amide bonds. The highest BCUT2D eigenvalue weighted by Gasteiger charge is 2.35. The highest BCUT2D eigenvalue weighted by Crippen LogP contribution is 2.39. The smallest absolute Gasteiger partial charge is 0.416 e. The average molecular weight is 485 g/mol. The molecule has 35 heavy (non-hydrogen) atoms. The second kappa shape index (κ2) is 9.95. The van der Waals surface area contributed by atoms with Crippen LogP contribution < -0.4 is 16.4 Å². The normalized spacial score (nSPS) is 15.7. The van der Waals surface area contributed by atoms with E-state index < -0.39 is 23.8 Å². The summed E-state index contributed by atoms with van der Waals surface area (Å²) in [5.74, 6) is -0.167. The van der Waals surface area contributed by atoms with E-state index in [1.807, 2.05) is 41.3 Å². The number of aromatic nitrogens is 1. The van der Waals surface area contributed by atoms with E-state index in [4.69, 9.17) is 16.6 Å². The summed E-state index contributed by atoms with van der Waals surface area (Å²) in [6.45, 7) is 1.17. The van der Waals surface area contributed by atoms with Crippen LogP contribution in [0.25, 0.3) is 11.1 Å². The fraction of sp³-hybridized carbons (Fsp3) is 0.308. The summed E-state index contributed by atoms with van der Waals surface area (Å²) in [5, 5.41) is 8.96. The molecular weight excluding hydrogens is 457 g/mol. The number of hydrogen-bond acceptors (Lipinski definition) is 5. The molecule has 1 aromatic heterocycles. The molecule has 9 heteroatoms. The van der Waals surface area contributed by atoms with Crippen LogP contribution in [0.1, 0.15) is 35.4 Å². The monoisotopic (exact) mass is 484 g/mol. The Kier molecular flexibility index (Phi) is 6.98. The fourth-order valence-corrected chi connectivity index (χ4v) is 4.58. The summed E-state index contributed by atoms with van der Waals surface area (Å²) in [6.07, 6.45) is -2.95. The van der Waals surface area contributed by atoms with Gasteiger partial charge in [0.2, 0.25) is 0 Å². The molecule has 1 aliphatic heterocycles. The van der Waals surface area contributed by atoms with E-state index in [-0.39, 0.29) is 12.3 Å². The van der Waals surface area contributed by atoms with Crippen molar-refractivity contribution in [1.29, 1.82) is 0 Å². The Morgan fingerprint density at radius 2 is 1.71 bits per heavy atom. The maximum absolute atomic E-state index is 13.4. The number of rotatable bonds is 6. The van der Waals surface area contributed by atoms with Crippen LogP contribution in [0.3, 0.4) is 0 Å². The van der Waals surface area contributed by atoms with E-state index in [2.05, 4.69) is 4.98 Å². The van der Waals surface area contributed by atoms with Crippen LogP contribution in [0.15, 0.2) is 60.7 Å². The van der Waals surface area contributed by atoms with Gasteiger partial charge in [-0.25, -0.2) is 4.98 Å². The van der Waals surface area contributed by atoms with Crippen molar-refractivity contribution in [2.75, 3.05) is 23.7 Å². The lowest BCUT2D eigenvalue weighted by atomic mass is 9.86. The number of nitrogens with zero attached hydrogens (tertiary/aromatic N) is 2. The molecule has 3 aromatic rings. The van der Waals surface area contributed by atoms with Gasteiger partial charge in [-0.2, -0.15) is 13.2 Å². The van der Waals surface area contributed by atoms with Crippen LogP contribution >= 0.6 is 0 Å². The minimum atomic E-state index is -4.36. The molecule has 1 atom stereocenters. The van der Waals surface area contributed by atoms with Crippen LogP contribution in [0.4, 0.5) is 24.8 Å². The van der Waals surface area contributed by atoms with Crippen molar-refractivity contribution < 1.29 is 23.1 Å². The number of carboxylic acid groups (broad SMARTS) is 1. The van der Waals surface area contributed by atoms with Crippen LogP contribution in [0.2, 0.25) is 0 Å². The molecule has 0 unspecified atom stereocenters. The molecule has 0 bridgehead atoms.